The number of carbonyl (C=O) groups is 1. The van der Waals surface area contributed by atoms with E-state index in [-0.39, 0.29) is 5.91 Å². The Balaban J connectivity index is 1.89. The van der Waals surface area contributed by atoms with Crippen LogP contribution in [-0.2, 0) is 11.3 Å². The van der Waals surface area contributed by atoms with Crippen molar-refractivity contribution in [2.24, 2.45) is 5.41 Å². The van der Waals surface area contributed by atoms with E-state index in [1.54, 1.807) is 18.7 Å². The predicted octanol–water partition coefficient (Wildman–Crippen LogP) is 2.53. The minimum atomic E-state index is -0.935. The number of rotatable bonds is 3. The lowest BCUT2D eigenvalue weighted by Crippen LogP contribution is -2.51. The Morgan fingerprint density at radius 2 is 2.00 bits per heavy atom. The van der Waals surface area contributed by atoms with Crippen molar-refractivity contribution < 1.29 is 4.79 Å². The maximum atomic E-state index is 12.2. The third-order valence-electron chi connectivity index (χ3n) is 3.77. The molecule has 0 radical (unpaired) electrons. The van der Waals surface area contributed by atoms with Gasteiger partial charge in [0.05, 0.1) is 6.07 Å². The maximum absolute atomic E-state index is 12.2. The molecule has 0 aromatic heterocycles. The lowest BCUT2D eigenvalue weighted by atomic mass is 9.93. The van der Waals surface area contributed by atoms with Gasteiger partial charge in [0.15, 0.2) is 0 Å². The smallest absolute Gasteiger partial charge is 0.242 e. The van der Waals surface area contributed by atoms with Crippen LogP contribution in [0.4, 0.5) is 0 Å². The zero-order valence-electron chi connectivity index (χ0n) is 12.5. The van der Waals surface area contributed by atoms with E-state index in [1.165, 1.54) is 5.56 Å². The van der Waals surface area contributed by atoms with Gasteiger partial charge in [-0.2, -0.15) is 5.26 Å². The van der Waals surface area contributed by atoms with Crippen molar-refractivity contribution >= 4 is 17.5 Å². The molecule has 1 fully saturated rings. The quantitative estimate of drug-likeness (QED) is 0.862. The van der Waals surface area contributed by atoms with Gasteiger partial charge in [0, 0.05) is 37.7 Å². The maximum Gasteiger partial charge on any atom is 0.242 e. The van der Waals surface area contributed by atoms with Crippen LogP contribution in [0.5, 0.6) is 0 Å². The van der Waals surface area contributed by atoms with Gasteiger partial charge in [-0.3, -0.25) is 9.69 Å². The molecule has 0 N–H and O–H groups in total. The number of nitrogens with zero attached hydrogens (tertiary/aromatic N) is 3. The first-order valence-corrected chi connectivity index (χ1v) is 7.47. The Labute approximate surface area is 130 Å². The van der Waals surface area contributed by atoms with Gasteiger partial charge in [0.2, 0.25) is 5.91 Å². The molecular formula is C16H20ClN3O. The molecule has 0 spiro atoms. The highest BCUT2D eigenvalue weighted by Gasteiger charge is 2.33. The third kappa shape index (κ3) is 3.96. The molecule has 0 saturated carbocycles. The van der Waals surface area contributed by atoms with Crippen molar-refractivity contribution in [3.63, 3.8) is 0 Å². The molecule has 112 valence electrons. The monoisotopic (exact) mass is 305 g/mol. The second-order valence-corrected chi connectivity index (χ2v) is 6.37. The standard InChI is InChI=1S/C16H20ClN3O/c1-16(2,12-18)15(21)20-8-6-19(7-9-20)11-13-4-3-5-14(17)10-13/h3-5,10H,6-9,11H2,1-2H3. The van der Waals surface area contributed by atoms with E-state index in [2.05, 4.69) is 17.0 Å². The van der Waals surface area contributed by atoms with E-state index in [0.29, 0.717) is 13.1 Å². The van der Waals surface area contributed by atoms with E-state index in [0.717, 1.165) is 24.7 Å². The zero-order valence-corrected chi connectivity index (χ0v) is 13.2. The summed E-state index contributed by atoms with van der Waals surface area (Å²) in [5.74, 6) is -0.0765. The Bertz CT molecular complexity index is 557. The average Bonchev–Trinajstić information content (AvgIpc) is 2.47. The molecule has 21 heavy (non-hydrogen) atoms. The summed E-state index contributed by atoms with van der Waals surface area (Å²) < 4.78 is 0. The fraction of sp³-hybridized carbons (Fsp3) is 0.500. The number of halogens is 1. The summed E-state index contributed by atoms with van der Waals surface area (Å²) in [7, 11) is 0. The SMILES string of the molecule is CC(C)(C#N)C(=O)N1CCN(Cc2cccc(Cl)c2)CC1. The van der Waals surface area contributed by atoms with E-state index in [1.807, 2.05) is 18.2 Å². The first kappa shape index (κ1) is 15.8. The van der Waals surface area contributed by atoms with Gasteiger partial charge in [-0.15, -0.1) is 0 Å². The Kier molecular flexibility index (Phi) is 4.87. The van der Waals surface area contributed by atoms with Gasteiger partial charge >= 0.3 is 0 Å². The molecule has 1 amide bonds. The summed E-state index contributed by atoms with van der Waals surface area (Å²) in [6.07, 6.45) is 0. The topological polar surface area (TPSA) is 47.3 Å². The van der Waals surface area contributed by atoms with E-state index < -0.39 is 5.41 Å². The number of nitriles is 1. The number of hydrogen-bond acceptors (Lipinski definition) is 3. The number of benzene rings is 1. The molecule has 1 aliphatic rings. The Hall–Kier alpha value is -1.57. The van der Waals surface area contributed by atoms with Crippen molar-refractivity contribution in [1.82, 2.24) is 9.80 Å². The minimum Gasteiger partial charge on any atom is -0.339 e. The van der Waals surface area contributed by atoms with E-state index >= 15 is 0 Å². The Morgan fingerprint density at radius 1 is 1.33 bits per heavy atom. The van der Waals surface area contributed by atoms with Crippen LogP contribution in [-0.4, -0.2) is 41.9 Å². The van der Waals surface area contributed by atoms with Gasteiger partial charge < -0.3 is 4.90 Å². The van der Waals surface area contributed by atoms with Gasteiger partial charge in [0.25, 0.3) is 0 Å². The number of piperazine rings is 1. The van der Waals surface area contributed by atoms with E-state index in [4.69, 9.17) is 16.9 Å². The van der Waals surface area contributed by atoms with Crippen molar-refractivity contribution in [1.29, 1.82) is 5.26 Å². The first-order valence-electron chi connectivity index (χ1n) is 7.10. The number of hydrogen-bond donors (Lipinski definition) is 0. The Morgan fingerprint density at radius 3 is 2.57 bits per heavy atom. The lowest BCUT2D eigenvalue weighted by Gasteiger charge is -2.36. The molecule has 0 bridgehead atoms. The highest BCUT2D eigenvalue weighted by Crippen LogP contribution is 2.19. The molecule has 1 heterocycles. The molecule has 1 saturated heterocycles. The largest absolute Gasteiger partial charge is 0.339 e. The van der Waals surface area contributed by atoms with Crippen LogP contribution in [0.3, 0.4) is 0 Å². The molecular weight excluding hydrogens is 286 g/mol. The second kappa shape index (κ2) is 6.46. The van der Waals surface area contributed by atoms with Gasteiger partial charge in [-0.25, -0.2) is 0 Å². The molecule has 1 aromatic carbocycles. The van der Waals surface area contributed by atoms with Gasteiger partial charge in [0.1, 0.15) is 5.41 Å². The van der Waals surface area contributed by atoms with Crippen LogP contribution in [0, 0.1) is 16.7 Å². The molecule has 0 unspecified atom stereocenters. The van der Waals surface area contributed by atoms with Crippen LogP contribution < -0.4 is 0 Å². The molecule has 1 aliphatic heterocycles. The number of amides is 1. The summed E-state index contributed by atoms with van der Waals surface area (Å²) in [6, 6.07) is 9.92. The molecule has 2 rings (SSSR count). The molecule has 0 aliphatic carbocycles. The van der Waals surface area contributed by atoms with Crippen LogP contribution in [0.25, 0.3) is 0 Å². The summed E-state index contributed by atoms with van der Waals surface area (Å²) in [6.45, 7) is 7.17. The highest BCUT2D eigenvalue weighted by molar-refractivity contribution is 6.30. The number of carbonyl (C=O) groups excluding carboxylic acids is 1. The zero-order chi connectivity index (χ0) is 15.5. The molecule has 1 aromatic rings. The van der Waals surface area contributed by atoms with Crippen molar-refractivity contribution in [3.8, 4) is 6.07 Å². The fourth-order valence-corrected chi connectivity index (χ4v) is 2.66. The highest BCUT2D eigenvalue weighted by atomic mass is 35.5. The first-order chi connectivity index (χ1) is 9.92. The predicted molar refractivity (Wildman–Crippen MR) is 82.7 cm³/mol. The van der Waals surface area contributed by atoms with Crippen LogP contribution in [0.15, 0.2) is 24.3 Å². The van der Waals surface area contributed by atoms with Crippen molar-refractivity contribution in [2.45, 2.75) is 20.4 Å². The van der Waals surface area contributed by atoms with Crippen LogP contribution in [0.2, 0.25) is 5.02 Å². The summed E-state index contributed by atoms with van der Waals surface area (Å²) in [5, 5.41) is 9.79. The average molecular weight is 306 g/mol. The second-order valence-electron chi connectivity index (χ2n) is 5.94. The van der Waals surface area contributed by atoms with Crippen LogP contribution in [0.1, 0.15) is 19.4 Å². The van der Waals surface area contributed by atoms with Gasteiger partial charge in [-0.05, 0) is 31.5 Å². The van der Waals surface area contributed by atoms with Gasteiger partial charge in [-0.1, -0.05) is 23.7 Å². The molecule has 0 atom stereocenters. The molecule has 4 nitrogen and oxygen atoms in total. The molecule has 5 heteroatoms. The lowest BCUT2D eigenvalue weighted by molar-refractivity contribution is -0.139. The van der Waals surface area contributed by atoms with Crippen molar-refractivity contribution in [2.75, 3.05) is 26.2 Å². The normalized spacial score (nSPS) is 16.6. The third-order valence-corrected chi connectivity index (χ3v) is 4.00. The summed E-state index contributed by atoms with van der Waals surface area (Å²) >= 11 is 5.99. The van der Waals surface area contributed by atoms with Crippen LogP contribution >= 0.6 is 11.6 Å². The summed E-state index contributed by atoms with van der Waals surface area (Å²) in [4.78, 5) is 16.3. The minimum absolute atomic E-state index is 0.0765. The summed E-state index contributed by atoms with van der Waals surface area (Å²) in [5.41, 5.74) is 0.245. The van der Waals surface area contributed by atoms with E-state index in [9.17, 15) is 4.79 Å². The van der Waals surface area contributed by atoms with Crippen molar-refractivity contribution in [3.05, 3.63) is 34.9 Å². The fourth-order valence-electron chi connectivity index (χ4n) is 2.45.